The van der Waals surface area contributed by atoms with E-state index in [0.29, 0.717) is 0 Å². The zero-order valence-electron chi connectivity index (χ0n) is 27.8. The second-order valence-corrected chi connectivity index (χ2v) is 14.3. The van der Waals surface area contributed by atoms with Crippen molar-refractivity contribution in [2.24, 2.45) is 0 Å². The lowest BCUT2D eigenvalue weighted by molar-refractivity contribution is 0.643. The largest absolute Gasteiger partial charge is 0.455 e. The summed E-state index contributed by atoms with van der Waals surface area (Å²) in [6.07, 6.45) is 10.0. The van der Waals surface area contributed by atoms with Gasteiger partial charge in [-0.1, -0.05) is 152 Å². The quantitative estimate of drug-likeness (QED) is 0.182. The standard InChI is InChI=1S/C49H31NO/c1-2-13-31(14-3-1)50-44-28-25-30(32-19-12-20-39-36-18-7-11-24-45(36)51-48(32)39)29-40(44)38-27-26-37-35-17-6-10-23-43(35)49(46(37)47(38)50)41-21-8-4-15-33(41)34-16-5-9-22-42(34)49/h1-13,15-29,31H,14H2. The average Bonchev–Trinajstić information content (AvgIpc) is 3.91. The van der Waals surface area contributed by atoms with Gasteiger partial charge in [0.05, 0.1) is 17.0 Å². The molecule has 51 heavy (non-hydrogen) atoms. The van der Waals surface area contributed by atoms with Crippen LogP contribution in [0.1, 0.15) is 34.7 Å². The SMILES string of the molecule is C1=CCC(n2c3ccc(-c4cccc5c4oc4ccccc45)cc3c3ccc4c(c32)C2(c3ccccc3-c3ccccc32)c2ccccc2-4)C=C1. The van der Waals surface area contributed by atoms with E-state index in [0.717, 1.165) is 33.9 Å². The van der Waals surface area contributed by atoms with Gasteiger partial charge in [0.1, 0.15) is 11.2 Å². The molecule has 0 bridgehead atoms. The van der Waals surface area contributed by atoms with Gasteiger partial charge >= 0.3 is 0 Å². The fourth-order valence-corrected chi connectivity index (χ4v) is 9.96. The summed E-state index contributed by atoms with van der Waals surface area (Å²) in [5.41, 5.74) is 17.2. The molecule has 9 aromatic rings. The Labute approximate surface area is 295 Å². The zero-order valence-corrected chi connectivity index (χ0v) is 27.8. The molecule has 12 rings (SSSR count). The normalized spacial score (nSPS) is 16.4. The van der Waals surface area contributed by atoms with Crippen LogP contribution in [0.3, 0.4) is 0 Å². The molecule has 238 valence electrons. The number of rotatable bonds is 2. The summed E-state index contributed by atoms with van der Waals surface area (Å²) in [4.78, 5) is 0. The van der Waals surface area contributed by atoms with Crippen molar-refractivity contribution >= 4 is 43.7 Å². The summed E-state index contributed by atoms with van der Waals surface area (Å²) in [6.45, 7) is 0. The molecule has 0 N–H and O–H groups in total. The Morgan fingerprint density at radius 3 is 1.94 bits per heavy atom. The number of para-hydroxylation sites is 2. The zero-order chi connectivity index (χ0) is 33.3. The Morgan fingerprint density at radius 1 is 0.529 bits per heavy atom. The molecule has 0 amide bonds. The highest BCUT2D eigenvalue weighted by molar-refractivity contribution is 6.16. The van der Waals surface area contributed by atoms with Gasteiger partial charge in [0.25, 0.3) is 0 Å². The first-order valence-corrected chi connectivity index (χ1v) is 18.0. The lowest BCUT2D eigenvalue weighted by atomic mass is 9.70. The van der Waals surface area contributed by atoms with Crippen LogP contribution in [0, 0.1) is 0 Å². The second kappa shape index (κ2) is 9.87. The van der Waals surface area contributed by atoms with Crippen LogP contribution in [0.5, 0.6) is 0 Å². The van der Waals surface area contributed by atoms with Crippen molar-refractivity contribution in [2.45, 2.75) is 17.9 Å². The highest BCUT2D eigenvalue weighted by Gasteiger charge is 2.53. The lowest BCUT2D eigenvalue weighted by Crippen LogP contribution is -2.27. The van der Waals surface area contributed by atoms with Crippen molar-refractivity contribution in [3.63, 3.8) is 0 Å². The highest BCUT2D eigenvalue weighted by atomic mass is 16.3. The number of nitrogens with zero attached hydrogens (tertiary/aromatic N) is 1. The number of hydrogen-bond donors (Lipinski definition) is 0. The monoisotopic (exact) mass is 649 g/mol. The van der Waals surface area contributed by atoms with Crippen molar-refractivity contribution in [2.75, 3.05) is 0 Å². The predicted octanol–water partition coefficient (Wildman–Crippen LogP) is 12.8. The molecule has 0 saturated carbocycles. The third-order valence-electron chi connectivity index (χ3n) is 11.9. The molecular formula is C49H31NO. The molecule has 7 aromatic carbocycles. The maximum absolute atomic E-state index is 6.54. The summed E-state index contributed by atoms with van der Waals surface area (Å²) >= 11 is 0. The van der Waals surface area contributed by atoms with Crippen LogP contribution in [0.2, 0.25) is 0 Å². The third kappa shape index (κ3) is 3.38. The number of furan rings is 1. The Balaban J connectivity index is 1.23. The van der Waals surface area contributed by atoms with E-state index in [-0.39, 0.29) is 6.04 Å². The van der Waals surface area contributed by atoms with E-state index in [1.807, 2.05) is 6.07 Å². The topological polar surface area (TPSA) is 18.1 Å². The molecule has 0 fully saturated rings. The van der Waals surface area contributed by atoms with E-state index in [1.54, 1.807) is 0 Å². The predicted molar refractivity (Wildman–Crippen MR) is 210 cm³/mol. The van der Waals surface area contributed by atoms with Crippen LogP contribution in [0.15, 0.2) is 174 Å². The average molecular weight is 650 g/mol. The number of aromatic nitrogens is 1. The molecule has 2 nitrogen and oxygen atoms in total. The lowest BCUT2D eigenvalue weighted by Gasteiger charge is -2.32. The van der Waals surface area contributed by atoms with Crippen molar-refractivity contribution in [3.8, 4) is 33.4 Å². The minimum absolute atomic E-state index is 0.193. The van der Waals surface area contributed by atoms with Gasteiger partial charge in [-0.3, -0.25) is 0 Å². The number of fused-ring (bicyclic) bond motifs is 17. The summed E-state index contributed by atoms with van der Waals surface area (Å²) < 4.78 is 9.20. The maximum Gasteiger partial charge on any atom is 0.143 e. The molecule has 0 aliphatic heterocycles. The van der Waals surface area contributed by atoms with E-state index in [4.69, 9.17) is 4.42 Å². The van der Waals surface area contributed by atoms with E-state index in [9.17, 15) is 0 Å². The van der Waals surface area contributed by atoms with E-state index < -0.39 is 5.41 Å². The Morgan fingerprint density at radius 2 is 1.20 bits per heavy atom. The fourth-order valence-electron chi connectivity index (χ4n) is 9.96. The second-order valence-electron chi connectivity index (χ2n) is 14.3. The molecule has 1 unspecified atom stereocenters. The van der Waals surface area contributed by atoms with E-state index >= 15 is 0 Å². The first-order chi connectivity index (χ1) is 25.3. The van der Waals surface area contributed by atoms with Crippen molar-refractivity contribution < 1.29 is 4.42 Å². The van der Waals surface area contributed by atoms with Crippen LogP contribution in [-0.2, 0) is 5.41 Å². The minimum atomic E-state index is -0.429. The van der Waals surface area contributed by atoms with Gasteiger partial charge in [-0.25, -0.2) is 0 Å². The molecule has 2 aromatic heterocycles. The van der Waals surface area contributed by atoms with E-state index in [2.05, 4.69) is 168 Å². The summed E-state index contributed by atoms with van der Waals surface area (Å²) in [6, 6.07) is 54.3. The Bertz CT molecular complexity index is 2960. The first kappa shape index (κ1) is 27.4. The van der Waals surface area contributed by atoms with Crippen LogP contribution in [0.4, 0.5) is 0 Å². The fraction of sp³-hybridized carbons (Fsp3) is 0.0612. The van der Waals surface area contributed by atoms with Gasteiger partial charge in [0.15, 0.2) is 0 Å². The van der Waals surface area contributed by atoms with Gasteiger partial charge in [-0.2, -0.15) is 0 Å². The Kier molecular flexibility index (Phi) is 5.31. The third-order valence-corrected chi connectivity index (χ3v) is 11.9. The molecule has 0 saturated heterocycles. The minimum Gasteiger partial charge on any atom is -0.455 e. The van der Waals surface area contributed by atoms with Gasteiger partial charge < -0.3 is 8.98 Å². The Hall–Kier alpha value is -6.38. The maximum atomic E-state index is 6.54. The van der Waals surface area contributed by atoms with Gasteiger partial charge in [0.2, 0.25) is 0 Å². The van der Waals surface area contributed by atoms with Crippen molar-refractivity contribution in [1.29, 1.82) is 0 Å². The molecule has 2 heteroatoms. The molecule has 1 atom stereocenters. The van der Waals surface area contributed by atoms with Gasteiger partial charge in [-0.05, 0) is 69.1 Å². The first-order valence-electron chi connectivity index (χ1n) is 18.0. The van der Waals surface area contributed by atoms with Crippen molar-refractivity contribution in [3.05, 3.63) is 192 Å². The summed E-state index contributed by atoms with van der Waals surface area (Å²) in [5.74, 6) is 0. The molecule has 1 spiro atoms. The van der Waals surface area contributed by atoms with Crippen LogP contribution in [0.25, 0.3) is 77.1 Å². The van der Waals surface area contributed by atoms with Crippen LogP contribution >= 0.6 is 0 Å². The van der Waals surface area contributed by atoms with Crippen molar-refractivity contribution in [1.82, 2.24) is 4.57 Å². The molecule has 3 aliphatic carbocycles. The number of allylic oxidation sites excluding steroid dienone is 4. The van der Waals surface area contributed by atoms with Crippen LogP contribution in [-0.4, -0.2) is 4.57 Å². The van der Waals surface area contributed by atoms with Crippen LogP contribution < -0.4 is 0 Å². The molecule has 3 aliphatic rings. The molecular weight excluding hydrogens is 619 g/mol. The smallest absolute Gasteiger partial charge is 0.143 e. The van der Waals surface area contributed by atoms with E-state index in [1.165, 1.54) is 71.9 Å². The van der Waals surface area contributed by atoms with Gasteiger partial charge in [0, 0.05) is 38.2 Å². The van der Waals surface area contributed by atoms with Gasteiger partial charge in [-0.15, -0.1) is 0 Å². The molecule has 2 heterocycles. The summed E-state index contributed by atoms with van der Waals surface area (Å²) in [7, 11) is 0. The number of benzene rings is 7. The highest BCUT2D eigenvalue weighted by Crippen LogP contribution is 2.64. The number of hydrogen-bond acceptors (Lipinski definition) is 1. The molecule has 0 radical (unpaired) electrons. The summed E-state index contributed by atoms with van der Waals surface area (Å²) in [5, 5.41) is 4.87.